The first kappa shape index (κ1) is 13.5. The van der Waals surface area contributed by atoms with Crippen LogP contribution in [0, 0.1) is 0 Å². The molecular weight excluding hydrogens is 264 g/mol. The van der Waals surface area contributed by atoms with Crippen LogP contribution in [0.5, 0.6) is 0 Å². The van der Waals surface area contributed by atoms with Crippen molar-refractivity contribution in [1.29, 1.82) is 0 Å². The molecule has 0 saturated heterocycles. The molecule has 0 unspecified atom stereocenters. The molecule has 0 aliphatic heterocycles. The molecule has 0 bridgehead atoms. The number of hydrogen-bond acceptors (Lipinski definition) is 3. The molecule has 0 spiro atoms. The average Bonchev–Trinajstić information content (AvgIpc) is 1.66. The van der Waals surface area contributed by atoms with E-state index in [4.69, 9.17) is 0 Å². The Kier molecular flexibility index (Phi) is 14.8. The third kappa shape index (κ3) is 13.0. The van der Waals surface area contributed by atoms with Crippen LogP contribution in [0.2, 0.25) is 0 Å². The van der Waals surface area contributed by atoms with E-state index in [-0.39, 0.29) is 48.9 Å². The molecule has 50 valence electrons. The van der Waals surface area contributed by atoms with Gasteiger partial charge in [-0.3, -0.25) is 0 Å². The van der Waals surface area contributed by atoms with Crippen molar-refractivity contribution in [3.05, 3.63) is 0 Å². The molecule has 0 fully saturated rings. The van der Waals surface area contributed by atoms with E-state index in [9.17, 15) is 9.79 Å². The molecule has 3 nitrogen and oxygen atoms in total. The zero-order chi connectivity index (χ0) is 6.41. The molecule has 9 heavy (non-hydrogen) atoms. The van der Waals surface area contributed by atoms with Crippen molar-refractivity contribution in [3.8, 4) is 0 Å². The topological polar surface area (TPSA) is 55.3 Å². The first-order valence-corrected chi connectivity index (χ1v) is 3.64. The van der Waals surface area contributed by atoms with Crippen molar-refractivity contribution >= 4 is 57.5 Å². The van der Waals surface area contributed by atoms with Gasteiger partial charge in [0.2, 0.25) is 0 Å². The smallest absolute Gasteiger partial charge is 0.820 e. The summed E-state index contributed by atoms with van der Waals surface area (Å²) in [6, 6.07) is 0. The van der Waals surface area contributed by atoms with E-state index in [0.29, 0.717) is 6.61 Å². The van der Waals surface area contributed by atoms with Crippen LogP contribution in [0.1, 0.15) is 19.8 Å². The van der Waals surface area contributed by atoms with E-state index in [1.165, 1.54) is 0 Å². The van der Waals surface area contributed by atoms with E-state index in [0.717, 1.165) is 12.8 Å². The van der Waals surface area contributed by atoms with E-state index in [1.54, 1.807) is 0 Å². The predicted octanol–water partition coefficient (Wildman–Crippen LogP) is -0.630. The third-order valence-corrected chi connectivity index (χ3v) is 1.09. The Morgan fingerprint density at radius 3 is 2.33 bits per heavy atom. The SMILES string of the molecule is CCCCOP([O-])[O-].[Ba+2]. The van der Waals surface area contributed by atoms with Gasteiger partial charge in [-0.25, -0.2) is 0 Å². The van der Waals surface area contributed by atoms with Gasteiger partial charge in [0.1, 0.15) is 0 Å². The molecule has 0 aromatic rings. The summed E-state index contributed by atoms with van der Waals surface area (Å²) in [5.41, 5.74) is 0. The molecule has 0 heterocycles. The fourth-order valence-electron chi connectivity index (χ4n) is 0.283. The van der Waals surface area contributed by atoms with Crippen LogP contribution in [0.4, 0.5) is 0 Å². The second-order valence-electron chi connectivity index (χ2n) is 1.41. The zero-order valence-electron chi connectivity index (χ0n) is 5.50. The largest absolute Gasteiger partial charge is 2.00 e. The van der Waals surface area contributed by atoms with Crippen LogP contribution in [-0.2, 0) is 4.52 Å². The van der Waals surface area contributed by atoms with Crippen molar-refractivity contribution < 1.29 is 14.3 Å². The fourth-order valence-corrected chi connectivity index (χ4v) is 0.562. The van der Waals surface area contributed by atoms with Crippen LogP contribution >= 0.6 is 8.60 Å². The van der Waals surface area contributed by atoms with Gasteiger partial charge in [0, 0.05) is 6.61 Å². The van der Waals surface area contributed by atoms with Crippen molar-refractivity contribution in [3.63, 3.8) is 0 Å². The van der Waals surface area contributed by atoms with Crippen LogP contribution < -0.4 is 9.79 Å². The molecule has 0 aromatic carbocycles. The van der Waals surface area contributed by atoms with Gasteiger partial charge in [-0.2, -0.15) is 8.60 Å². The van der Waals surface area contributed by atoms with E-state index in [1.807, 2.05) is 6.92 Å². The molecule has 0 aromatic heterocycles. The predicted molar refractivity (Wildman–Crippen MR) is 33.5 cm³/mol. The van der Waals surface area contributed by atoms with Gasteiger partial charge in [-0.1, -0.05) is 13.3 Å². The van der Waals surface area contributed by atoms with Crippen LogP contribution in [0.25, 0.3) is 0 Å². The number of unbranched alkanes of at least 4 members (excludes halogenated alkanes) is 1. The van der Waals surface area contributed by atoms with Gasteiger partial charge in [0.25, 0.3) is 0 Å². The minimum Gasteiger partial charge on any atom is -0.820 e. The maximum atomic E-state index is 9.69. The van der Waals surface area contributed by atoms with Gasteiger partial charge in [0.05, 0.1) is 0 Å². The Labute approximate surface area is 96.9 Å². The summed E-state index contributed by atoms with van der Waals surface area (Å²) in [6.07, 6.45) is 1.77. The summed E-state index contributed by atoms with van der Waals surface area (Å²) in [6.45, 7) is 2.30. The maximum absolute atomic E-state index is 9.69. The fraction of sp³-hybridized carbons (Fsp3) is 1.00. The minimum absolute atomic E-state index is 0. The second kappa shape index (κ2) is 9.88. The van der Waals surface area contributed by atoms with E-state index in [2.05, 4.69) is 4.52 Å². The summed E-state index contributed by atoms with van der Waals surface area (Å²) in [5.74, 6) is 0. The van der Waals surface area contributed by atoms with Gasteiger partial charge >= 0.3 is 48.9 Å². The van der Waals surface area contributed by atoms with Gasteiger partial charge in [-0.15, -0.1) is 0 Å². The van der Waals surface area contributed by atoms with Gasteiger partial charge in [0.15, 0.2) is 0 Å². The number of rotatable bonds is 4. The molecule has 0 amide bonds. The van der Waals surface area contributed by atoms with E-state index < -0.39 is 8.60 Å². The van der Waals surface area contributed by atoms with Crippen LogP contribution in [0.3, 0.4) is 0 Å². The Hall–Kier alpha value is 1.88. The van der Waals surface area contributed by atoms with Crippen LogP contribution in [-0.4, -0.2) is 55.5 Å². The molecule has 0 N–H and O–H groups in total. The van der Waals surface area contributed by atoms with Gasteiger partial charge in [-0.05, 0) is 6.42 Å². The summed E-state index contributed by atoms with van der Waals surface area (Å²) >= 11 is 0. The Morgan fingerprint density at radius 1 is 1.44 bits per heavy atom. The third-order valence-electron chi connectivity index (χ3n) is 0.695. The molecule has 0 radical (unpaired) electrons. The minimum atomic E-state index is -2.61. The first-order chi connectivity index (χ1) is 3.77. The molecule has 0 aliphatic carbocycles. The summed E-state index contributed by atoms with van der Waals surface area (Å²) < 4.78 is 4.24. The summed E-state index contributed by atoms with van der Waals surface area (Å²) in [7, 11) is -2.61. The summed E-state index contributed by atoms with van der Waals surface area (Å²) in [5, 5.41) is 0. The molecule has 0 aliphatic rings. The van der Waals surface area contributed by atoms with Crippen LogP contribution in [0.15, 0.2) is 0 Å². The van der Waals surface area contributed by atoms with Crippen molar-refractivity contribution in [2.75, 3.05) is 6.61 Å². The second-order valence-corrected chi connectivity index (χ2v) is 2.12. The van der Waals surface area contributed by atoms with Crippen molar-refractivity contribution in [1.82, 2.24) is 0 Å². The monoisotopic (exact) mass is 274 g/mol. The normalized spacial score (nSPS) is 9.33. The zero-order valence-corrected chi connectivity index (χ0v) is 10.8. The molecule has 5 heteroatoms. The number of hydrogen-bond donors (Lipinski definition) is 0. The van der Waals surface area contributed by atoms with Crippen molar-refractivity contribution in [2.45, 2.75) is 19.8 Å². The molecule has 0 rings (SSSR count). The average molecular weight is 273 g/mol. The molecule has 0 saturated carbocycles. The van der Waals surface area contributed by atoms with Gasteiger partial charge < -0.3 is 14.3 Å². The van der Waals surface area contributed by atoms with Crippen molar-refractivity contribution in [2.24, 2.45) is 0 Å². The standard InChI is InChI=1S/C4H9O3P.Ba/c1-2-3-4-7-8(5)6;/h2-4H2,1H3;/q-2;+2. The Morgan fingerprint density at radius 2 is 2.00 bits per heavy atom. The Bertz CT molecular complexity index is 53.1. The van der Waals surface area contributed by atoms with E-state index >= 15 is 0 Å². The molecular formula is C4H9BaO3P. The quantitative estimate of drug-likeness (QED) is 0.389. The molecule has 0 atom stereocenters. The first-order valence-electron chi connectivity index (χ1n) is 2.54. The summed E-state index contributed by atoms with van der Waals surface area (Å²) in [4.78, 5) is 19.4. The maximum Gasteiger partial charge on any atom is 2.00 e. The Balaban J connectivity index is 0.